The number of non-ortho nitro benzene ring substituents is 1. The molecular formula is C14H15N5O5. The summed E-state index contributed by atoms with van der Waals surface area (Å²) in [6, 6.07) is 5.65. The van der Waals surface area contributed by atoms with Gasteiger partial charge in [0.2, 0.25) is 0 Å². The average molecular weight is 333 g/mol. The Morgan fingerprint density at radius 3 is 2.75 bits per heavy atom. The van der Waals surface area contributed by atoms with E-state index in [9.17, 15) is 24.8 Å². The van der Waals surface area contributed by atoms with Crippen molar-refractivity contribution in [1.82, 2.24) is 20.3 Å². The minimum absolute atomic E-state index is 0.0950. The van der Waals surface area contributed by atoms with Crippen LogP contribution in [0.2, 0.25) is 0 Å². The fraction of sp³-hybridized carbons (Fsp3) is 0.286. The van der Waals surface area contributed by atoms with Crippen molar-refractivity contribution in [2.75, 3.05) is 0 Å². The van der Waals surface area contributed by atoms with Crippen LogP contribution in [0.4, 0.5) is 5.69 Å². The van der Waals surface area contributed by atoms with Crippen molar-refractivity contribution in [1.29, 1.82) is 0 Å². The van der Waals surface area contributed by atoms with Crippen molar-refractivity contribution >= 4 is 17.6 Å². The predicted octanol–water partition coefficient (Wildman–Crippen LogP) is 1.16. The number of nitrogens with one attached hydrogen (secondary N) is 1. The molecule has 0 radical (unpaired) electrons. The second kappa shape index (κ2) is 6.44. The van der Waals surface area contributed by atoms with Gasteiger partial charge in [0.25, 0.3) is 11.6 Å². The molecule has 1 heterocycles. The average Bonchev–Trinajstić information content (AvgIpc) is 3.04. The SMILES string of the molecule is CCC(C)(NC(=O)c1cn(-c2cccc([N+](=O)[O-])c2)nn1)C(=O)O. The number of carbonyl (C=O) groups excluding carboxylic acids is 1. The summed E-state index contributed by atoms with van der Waals surface area (Å²) in [5, 5.41) is 29.8. The molecule has 24 heavy (non-hydrogen) atoms. The molecular weight excluding hydrogens is 318 g/mol. The van der Waals surface area contributed by atoms with Crippen LogP contribution in [0.5, 0.6) is 0 Å². The first-order valence-electron chi connectivity index (χ1n) is 7.00. The Morgan fingerprint density at radius 2 is 2.17 bits per heavy atom. The van der Waals surface area contributed by atoms with Gasteiger partial charge in [0.05, 0.1) is 16.8 Å². The zero-order valence-electron chi connectivity index (χ0n) is 13.0. The molecule has 2 aromatic rings. The first-order valence-corrected chi connectivity index (χ1v) is 7.00. The van der Waals surface area contributed by atoms with Gasteiger partial charge < -0.3 is 10.4 Å². The summed E-state index contributed by atoms with van der Waals surface area (Å²) < 4.78 is 1.20. The quantitative estimate of drug-likeness (QED) is 0.597. The van der Waals surface area contributed by atoms with Crippen molar-refractivity contribution in [3.8, 4) is 5.69 Å². The molecule has 0 fully saturated rings. The predicted molar refractivity (Wildman–Crippen MR) is 81.8 cm³/mol. The molecule has 0 saturated heterocycles. The molecule has 0 spiro atoms. The Bertz CT molecular complexity index is 802. The molecule has 2 rings (SSSR count). The minimum atomic E-state index is -1.42. The molecule has 1 unspecified atom stereocenters. The van der Waals surface area contributed by atoms with Gasteiger partial charge in [-0.05, 0) is 19.4 Å². The van der Waals surface area contributed by atoms with Crippen LogP contribution in [-0.4, -0.2) is 42.4 Å². The summed E-state index contributed by atoms with van der Waals surface area (Å²) >= 11 is 0. The number of carboxylic acid groups (broad SMARTS) is 1. The summed E-state index contributed by atoms with van der Waals surface area (Å²) in [6.45, 7) is 3.02. The van der Waals surface area contributed by atoms with Gasteiger partial charge in [-0.15, -0.1) is 5.10 Å². The third kappa shape index (κ3) is 3.37. The van der Waals surface area contributed by atoms with E-state index >= 15 is 0 Å². The van der Waals surface area contributed by atoms with E-state index in [-0.39, 0.29) is 17.8 Å². The van der Waals surface area contributed by atoms with E-state index in [0.29, 0.717) is 5.69 Å². The molecule has 1 aromatic carbocycles. The van der Waals surface area contributed by atoms with Crippen molar-refractivity contribution in [2.45, 2.75) is 25.8 Å². The fourth-order valence-corrected chi connectivity index (χ4v) is 1.85. The maximum Gasteiger partial charge on any atom is 0.329 e. The van der Waals surface area contributed by atoms with E-state index in [4.69, 9.17) is 0 Å². The molecule has 0 aliphatic carbocycles. The second-order valence-electron chi connectivity index (χ2n) is 5.27. The van der Waals surface area contributed by atoms with Crippen LogP contribution in [0.25, 0.3) is 5.69 Å². The van der Waals surface area contributed by atoms with Crippen molar-refractivity contribution in [3.63, 3.8) is 0 Å². The number of hydrogen-bond acceptors (Lipinski definition) is 6. The Labute approximate surface area is 136 Å². The van der Waals surface area contributed by atoms with Crippen molar-refractivity contribution in [3.05, 3.63) is 46.3 Å². The van der Waals surface area contributed by atoms with Crippen LogP contribution in [0.1, 0.15) is 30.8 Å². The number of aromatic nitrogens is 3. The number of nitro groups is 1. The Kier molecular flexibility index (Phi) is 4.58. The number of carboxylic acids is 1. The number of amides is 1. The lowest BCUT2D eigenvalue weighted by molar-refractivity contribution is -0.384. The van der Waals surface area contributed by atoms with Crippen LogP contribution in [0.3, 0.4) is 0 Å². The van der Waals surface area contributed by atoms with E-state index in [1.54, 1.807) is 13.0 Å². The van der Waals surface area contributed by atoms with E-state index < -0.39 is 22.3 Å². The summed E-state index contributed by atoms with van der Waals surface area (Å²) in [5.74, 6) is -1.86. The van der Waals surface area contributed by atoms with Crippen LogP contribution in [0.15, 0.2) is 30.5 Å². The van der Waals surface area contributed by atoms with Crippen LogP contribution in [0, 0.1) is 10.1 Å². The summed E-state index contributed by atoms with van der Waals surface area (Å²) in [6.07, 6.45) is 1.46. The smallest absolute Gasteiger partial charge is 0.329 e. The summed E-state index contributed by atoms with van der Waals surface area (Å²) in [4.78, 5) is 33.6. The molecule has 0 saturated carbocycles. The van der Waals surface area contributed by atoms with Gasteiger partial charge >= 0.3 is 5.97 Å². The molecule has 0 bridgehead atoms. The first-order chi connectivity index (χ1) is 11.3. The molecule has 1 aromatic heterocycles. The van der Waals surface area contributed by atoms with Gasteiger partial charge in [-0.2, -0.15) is 0 Å². The summed E-state index contributed by atoms with van der Waals surface area (Å²) in [7, 11) is 0. The highest BCUT2D eigenvalue weighted by molar-refractivity contribution is 5.96. The number of nitrogens with zero attached hydrogens (tertiary/aromatic N) is 4. The van der Waals surface area contributed by atoms with Gasteiger partial charge in [0.1, 0.15) is 5.54 Å². The zero-order chi connectivity index (χ0) is 17.9. The number of hydrogen-bond donors (Lipinski definition) is 2. The highest BCUT2D eigenvalue weighted by Crippen LogP contribution is 2.16. The van der Waals surface area contributed by atoms with Gasteiger partial charge in [0, 0.05) is 12.1 Å². The lowest BCUT2D eigenvalue weighted by Crippen LogP contribution is -2.51. The van der Waals surface area contributed by atoms with Crippen LogP contribution in [-0.2, 0) is 4.79 Å². The van der Waals surface area contributed by atoms with Gasteiger partial charge in [0.15, 0.2) is 5.69 Å². The molecule has 2 N–H and O–H groups in total. The largest absolute Gasteiger partial charge is 0.480 e. The lowest BCUT2D eigenvalue weighted by Gasteiger charge is -2.23. The van der Waals surface area contributed by atoms with Gasteiger partial charge in [-0.1, -0.05) is 18.2 Å². The number of benzene rings is 1. The van der Waals surface area contributed by atoms with E-state index in [1.807, 2.05) is 0 Å². The topological polar surface area (TPSA) is 140 Å². The third-order valence-corrected chi connectivity index (χ3v) is 3.60. The summed E-state index contributed by atoms with van der Waals surface area (Å²) in [5.41, 5.74) is -1.29. The molecule has 1 atom stereocenters. The first kappa shape index (κ1) is 17.1. The number of aliphatic carboxylic acids is 1. The Hall–Kier alpha value is -3.30. The van der Waals surface area contributed by atoms with E-state index in [2.05, 4.69) is 15.6 Å². The minimum Gasteiger partial charge on any atom is -0.480 e. The van der Waals surface area contributed by atoms with Crippen molar-refractivity contribution < 1.29 is 19.6 Å². The normalized spacial score (nSPS) is 13.1. The standard InChI is InChI=1S/C14H15N5O5/c1-3-14(2,13(21)22)15-12(20)11-8-18(17-16-11)9-5-4-6-10(7-9)19(23)24/h4-8H,3H2,1-2H3,(H,15,20)(H,21,22). The van der Waals surface area contributed by atoms with E-state index in [1.165, 1.54) is 36.0 Å². The number of rotatable bonds is 6. The monoisotopic (exact) mass is 333 g/mol. The maximum absolute atomic E-state index is 12.1. The fourth-order valence-electron chi connectivity index (χ4n) is 1.85. The lowest BCUT2D eigenvalue weighted by atomic mass is 9.99. The molecule has 126 valence electrons. The Balaban J connectivity index is 2.24. The van der Waals surface area contributed by atoms with Crippen molar-refractivity contribution in [2.24, 2.45) is 0 Å². The molecule has 0 aliphatic heterocycles. The number of carbonyl (C=O) groups is 2. The molecule has 1 amide bonds. The number of nitro benzene ring substituents is 1. The molecule has 10 nitrogen and oxygen atoms in total. The zero-order valence-corrected chi connectivity index (χ0v) is 13.0. The highest BCUT2D eigenvalue weighted by Gasteiger charge is 2.33. The molecule has 10 heteroatoms. The third-order valence-electron chi connectivity index (χ3n) is 3.60. The van der Waals surface area contributed by atoms with E-state index in [0.717, 1.165) is 0 Å². The van der Waals surface area contributed by atoms with Gasteiger partial charge in [-0.25, -0.2) is 9.48 Å². The highest BCUT2D eigenvalue weighted by atomic mass is 16.6. The van der Waals surface area contributed by atoms with Crippen LogP contribution >= 0.6 is 0 Å². The van der Waals surface area contributed by atoms with Gasteiger partial charge in [-0.3, -0.25) is 14.9 Å². The van der Waals surface area contributed by atoms with Crippen LogP contribution < -0.4 is 5.32 Å². The molecule has 0 aliphatic rings. The maximum atomic E-state index is 12.1. The second-order valence-corrected chi connectivity index (χ2v) is 5.27. The Morgan fingerprint density at radius 1 is 1.46 bits per heavy atom.